The minimum absolute atomic E-state index is 0.00934. The first-order valence-corrected chi connectivity index (χ1v) is 11.1. The average Bonchev–Trinajstić information content (AvgIpc) is 2.82. The number of nitrogens with zero attached hydrogens (tertiary/aromatic N) is 2. The van der Waals surface area contributed by atoms with Gasteiger partial charge in [-0.25, -0.2) is 0 Å². The Kier molecular flexibility index (Phi) is 8.16. The summed E-state index contributed by atoms with van der Waals surface area (Å²) in [7, 11) is 0. The van der Waals surface area contributed by atoms with E-state index in [-0.39, 0.29) is 17.9 Å². The van der Waals surface area contributed by atoms with Gasteiger partial charge in [0.05, 0.1) is 8.49 Å². The van der Waals surface area contributed by atoms with Crippen LogP contribution in [0.25, 0.3) is 6.08 Å². The Hall–Kier alpha value is -3.71. The number of carbonyl (C=O) groups excluding carboxylic acids is 1. The summed E-state index contributed by atoms with van der Waals surface area (Å²) in [5.41, 5.74) is 3.30. The minimum Gasteiger partial charge on any atom is -0.488 e. The third-order valence-electron chi connectivity index (χ3n) is 4.79. The van der Waals surface area contributed by atoms with Crippen LogP contribution in [0, 0.1) is 25.0 Å². The highest BCUT2D eigenvalue weighted by Crippen LogP contribution is 2.25. The molecule has 1 amide bonds. The molecule has 8 heteroatoms. The predicted molar refractivity (Wildman–Crippen MR) is 135 cm³/mol. The number of non-ortho nitro benzene ring substituents is 1. The van der Waals surface area contributed by atoms with Crippen molar-refractivity contribution >= 4 is 45.9 Å². The zero-order valence-corrected chi connectivity index (χ0v) is 19.9. The largest absolute Gasteiger partial charge is 0.488 e. The zero-order valence-electron chi connectivity index (χ0n) is 17.7. The fraction of sp³-hybridized carbons (Fsp3) is 0.120. The monoisotopic (exact) mass is 553 g/mol. The molecule has 0 aromatic heterocycles. The lowest BCUT2D eigenvalue weighted by molar-refractivity contribution is -0.384. The van der Waals surface area contributed by atoms with E-state index in [2.05, 4.69) is 34.8 Å². The molecule has 166 valence electrons. The molecule has 0 aliphatic carbocycles. The number of hydrogen-bond donors (Lipinski definition) is 1. The van der Waals surface area contributed by atoms with E-state index in [0.717, 1.165) is 21.1 Å². The van der Waals surface area contributed by atoms with Gasteiger partial charge in [0, 0.05) is 17.8 Å². The predicted octanol–water partition coefficient (Wildman–Crippen LogP) is 5.89. The molecule has 0 saturated carbocycles. The van der Waals surface area contributed by atoms with Crippen molar-refractivity contribution in [1.82, 2.24) is 0 Å². The highest BCUT2D eigenvalue weighted by molar-refractivity contribution is 14.1. The van der Waals surface area contributed by atoms with E-state index in [1.54, 1.807) is 24.3 Å². The molecule has 0 bridgehead atoms. The van der Waals surface area contributed by atoms with Crippen LogP contribution in [0.5, 0.6) is 5.75 Å². The number of ether oxygens (including phenoxy) is 1. The first-order valence-electron chi connectivity index (χ1n) is 10.1. The van der Waals surface area contributed by atoms with Gasteiger partial charge in [-0.15, -0.1) is 0 Å². The number of hydrogen-bond acceptors (Lipinski definition) is 5. The van der Waals surface area contributed by atoms with E-state index < -0.39 is 10.8 Å². The number of nitro benzene ring substituents is 1. The molecule has 0 spiro atoms. The molecule has 0 aliphatic rings. The van der Waals surface area contributed by atoms with E-state index in [4.69, 9.17) is 4.74 Å². The third-order valence-corrected chi connectivity index (χ3v) is 5.64. The second kappa shape index (κ2) is 11.2. The van der Waals surface area contributed by atoms with Crippen molar-refractivity contribution in [3.8, 4) is 11.8 Å². The Balaban J connectivity index is 1.67. The maximum atomic E-state index is 12.5. The molecule has 3 aromatic carbocycles. The Morgan fingerprint density at radius 1 is 1.12 bits per heavy atom. The van der Waals surface area contributed by atoms with E-state index in [1.807, 2.05) is 36.4 Å². The number of nitriles is 1. The SMILES string of the molecule is CCc1ccc(NC(=O)/C(C#N)=C/c2ccc(OCc3ccc([N+](=O)[O-])cc3)c(I)c2)cc1. The lowest BCUT2D eigenvalue weighted by Crippen LogP contribution is -2.13. The topological polar surface area (TPSA) is 105 Å². The van der Waals surface area contributed by atoms with E-state index in [0.29, 0.717) is 17.0 Å². The number of carbonyl (C=O) groups is 1. The van der Waals surface area contributed by atoms with Crippen molar-refractivity contribution < 1.29 is 14.5 Å². The van der Waals surface area contributed by atoms with Gasteiger partial charge >= 0.3 is 0 Å². The standard InChI is InChI=1S/C25H20IN3O4/c1-2-17-3-8-21(9-4-17)28-25(30)20(15-27)13-19-7-12-24(23(26)14-19)33-16-18-5-10-22(11-6-18)29(31)32/h3-14H,2,16H2,1H3,(H,28,30)/b20-13+. The van der Waals surface area contributed by atoms with E-state index in [1.165, 1.54) is 18.2 Å². The zero-order chi connectivity index (χ0) is 23.8. The normalized spacial score (nSPS) is 10.9. The summed E-state index contributed by atoms with van der Waals surface area (Å²) < 4.78 is 6.61. The van der Waals surface area contributed by atoms with Crippen LogP contribution in [0.4, 0.5) is 11.4 Å². The summed E-state index contributed by atoms with van der Waals surface area (Å²) in [4.78, 5) is 22.8. The van der Waals surface area contributed by atoms with Crippen molar-refractivity contribution in [2.24, 2.45) is 0 Å². The van der Waals surface area contributed by atoms with Gasteiger partial charge < -0.3 is 10.1 Å². The summed E-state index contributed by atoms with van der Waals surface area (Å²) >= 11 is 2.12. The molecule has 1 N–H and O–H groups in total. The molecule has 0 fully saturated rings. The first kappa shape index (κ1) is 23.9. The maximum absolute atomic E-state index is 12.5. The number of rotatable bonds is 8. The molecule has 33 heavy (non-hydrogen) atoms. The number of halogens is 1. The van der Waals surface area contributed by atoms with Crippen molar-refractivity contribution in [2.45, 2.75) is 20.0 Å². The Bertz CT molecular complexity index is 1230. The summed E-state index contributed by atoms with van der Waals surface area (Å²) in [6, 6.07) is 20.9. The van der Waals surface area contributed by atoms with Crippen LogP contribution < -0.4 is 10.1 Å². The fourth-order valence-electron chi connectivity index (χ4n) is 2.94. The molecule has 0 unspecified atom stereocenters. The van der Waals surface area contributed by atoms with Crippen LogP contribution in [0.1, 0.15) is 23.6 Å². The number of nitro groups is 1. The van der Waals surface area contributed by atoms with Crippen molar-refractivity contribution in [2.75, 3.05) is 5.32 Å². The number of amides is 1. The van der Waals surface area contributed by atoms with Crippen LogP contribution >= 0.6 is 22.6 Å². The number of aryl methyl sites for hydroxylation is 1. The fourth-order valence-corrected chi connectivity index (χ4v) is 3.63. The van der Waals surface area contributed by atoms with Gasteiger partial charge in [-0.3, -0.25) is 14.9 Å². The molecule has 0 aliphatic heterocycles. The van der Waals surface area contributed by atoms with Gasteiger partial charge in [0.15, 0.2) is 0 Å². The Labute approximate surface area is 205 Å². The van der Waals surface area contributed by atoms with Crippen LogP contribution in [-0.2, 0) is 17.8 Å². The lowest BCUT2D eigenvalue weighted by Gasteiger charge is -2.09. The molecule has 3 aromatic rings. The maximum Gasteiger partial charge on any atom is 0.269 e. The van der Waals surface area contributed by atoms with Crippen LogP contribution in [0.2, 0.25) is 0 Å². The van der Waals surface area contributed by atoms with E-state index in [9.17, 15) is 20.2 Å². The number of benzene rings is 3. The average molecular weight is 553 g/mol. The smallest absolute Gasteiger partial charge is 0.269 e. The third kappa shape index (κ3) is 6.63. The van der Waals surface area contributed by atoms with Gasteiger partial charge in [0.2, 0.25) is 0 Å². The van der Waals surface area contributed by atoms with Crippen LogP contribution in [0.15, 0.2) is 72.3 Å². The van der Waals surface area contributed by atoms with Crippen molar-refractivity contribution in [1.29, 1.82) is 5.26 Å². The molecule has 0 atom stereocenters. The quantitative estimate of drug-likeness (QED) is 0.123. The van der Waals surface area contributed by atoms with Gasteiger partial charge in [-0.2, -0.15) is 5.26 Å². The molecule has 0 saturated heterocycles. The first-order chi connectivity index (χ1) is 15.9. The van der Waals surface area contributed by atoms with Gasteiger partial charge in [0.1, 0.15) is 24.0 Å². The Morgan fingerprint density at radius 2 is 1.79 bits per heavy atom. The Morgan fingerprint density at radius 3 is 2.36 bits per heavy atom. The summed E-state index contributed by atoms with van der Waals surface area (Å²) in [6.07, 6.45) is 2.43. The van der Waals surface area contributed by atoms with Gasteiger partial charge in [-0.1, -0.05) is 25.1 Å². The minimum atomic E-state index is -0.477. The summed E-state index contributed by atoms with van der Waals surface area (Å²) in [5.74, 6) is 0.153. The second-order valence-corrected chi connectivity index (χ2v) is 8.24. The van der Waals surface area contributed by atoms with Crippen LogP contribution in [0.3, 0.4) is 0 Å². The molecule has 0 radical (unpaired) electrons. The number of nitrogens with one attached hydrogen (secondary N) is 1. The molecule has 7 nitrogen and oxygen atoms in total. The second-order valence-electron chi connectivity index (χ2n) is 7.08. The highest BCUT2D eigenvalue weighted by Gasteiger charge is 2.11. The van der Waals surface area contributed by atoms with Crippen molar-refractivity contribution in [3.05, 3.63) is 103 Å². The molecule has 3 rings (SSSR count). The van der Waals surface area contributed by atoms with Crippen molar-refractivity contribution in [3.63, 3.8) is 0 Å². The molecular formula is C25H20IN3O4. The summed E-state index contributed by atoms with van der Waals surface area (Å²) in [6.45, 7) is 2.31. The highest BCUT2D eigenvalue weighted by atomic mass is 127. The number of anilines is 1. The molecular weight excluding hydrogens is 533 g/mol. The lowest BCUT2D eigenvalue weighted by atomic mass is 10.1. The van der Waals surface area contributed by atoms with Crippen LogP contribution in [-0.4, -0.2) is 10.8 Å². The molecule has 0 heterocycles. The van der Waals surface area contributed by atoms with Gasteiger partial charge in [-0.05, 0) is 88.2 Å². The van der Waals surface area contributed by atoms with Gasteiger partial charge in [0.25, 0.3) is 11.6 Å². The summed E-state index contributed by atoms with van der Waals surface area (Å²) in [5, 5.41) is 22.9. The van der Waals surface area contributed by atoms with E-state index >= 15 is 0 Å².